The van der Waals surface area contributed by atoms with Crippen LogP contribution in [0.4, 0.5) is 0 Å². The summed E-state index contributed by atoms with van der Waals surface area (Å²) in [6.07, 6.45) is 1.36. The second-order valence-electron chi connectivity index (χ2n) is 6.81. The van der Waals surface area contributed by atoms with Crippen LogP contribution in [0.3, 0.4) is 0 Å². The summed E-state index contributed by atoms with van der Waals surface area (Å²) < 4.78 is 16.3. The molecule has 2 heterocycles. The number of hydrazine groups is 1. The molecule has 1 aromatic rings. The molecular formula is C19H31N3O3. The van der Waals surface area contributed by atoms with Crippen LogP contribution < -0.4 is 0 Å². The van der Waals surface area contributed by atoms with E-state index in [1.165, 1.54) is 5.56 Å². The van der Waals surface area contributed by atoms with Gasteiger partial charge in [0.1, 0.15) is 6.79 Å². The molecule has 0 amide bonds. The van der Waals surface area contributed by atoms with E-state index < -0.39 is 0 Å². The molecule has 2 aliphatic heterocycles. The maximum Gasteiger partial charge on any atom is 0.146 e. The standard InChI is InChI=1S/C19H31N3O3/c1-20(22-10-12-24-13-11-22)19(17-6-4-3-5-7-17)15-21-9-8-18(14-21)25-16-23-2/h3-7,18-19H,8-16H2,1-2H3/t18-,19+/m0/s1. The van der Waals surface area contributed by atoms with Crippen LogP contribution in [0.25, 0.3) is 0 Å². The molecule has 0 radical (unpaired) electrons. The lowest BCUT2D eigenvalue weighted by molar-refractivity contribution is -0.104. The number of hydrogen-bond donors (Lipinski definition) is 0. The van der Waals surface area contributed by atoms with Crippen LogP contribution in [-0.2, 0) is 14.2 Å². The first-order chi connectivity index (χ1) is 12.3. The van der Waals surface area contributed by atoms with E-state index in [2.05, 4.69) is 52.3 Å². The molecule has 6 heteroatoms. The van der Waals surface area contributed by atoms with Gasteiger partial charge in [-0.15, -0.1) is 0 Å². The molecule has 3 rings (SSSR count). The Morgan fingerprint density at radius 1 is 1.20 bits per heavy atom. The minimum Gasteiger partial charge on any atom is -0.379 e. The largest absolute Gasteiger partial charge is 0.379 e. The molecule has 6 nitrogen and oxygen atoms in total. The summed E-state index contributed by atoms with van der Waals surface area (Å²) in [6, 6.07) is 11.1. The summed E-state index contributed by atoms with van der Waals surface area (Å²) in [6.45, 7) is 6.97. The molecule has 2 aliphatic rings. The van der Waals surface area contributed by atoms with Crippen LogP contribution in [0, 0.1) is 0 Å². The number of ether oxygens (including phenoxy) is 3. The number of likely N-dealkylation sites (tertiary alicyclic amines) is 1. The predicted molar refractivity (Wildman–Crippen MR) is 97.1 cm³/mol. The smallest absolute Gasteiger partial charge is 0.146 e. The summed E-state index contributed by atoms with van der Waals surface area (Å²) >= 11 is 0. The van der Waals surface area contributed by atoms with Gasteiger partial charge < -0.3 is 14.2 Å². The Balaban J connectivity index is 1.65. The Morgan fingerprint density at radius 3 is 2.68 bits per heavy atom. The zero-order valence-corrected chi connectivity index (χ0v) is 15.5. The third kappa shape index (κ3) is 5.23. The van der Waals surface area contributed by atoms with E-state index in [-0.39, 0.29) is 6.10 Å². The second kappa shape index (κ2) is 9.62. The van der Waals surface area contributed by atoms with Gasteiger partial charge in [0.2, 0.25) is 0 Å². The molecule has 0 spiro atoms. The summed E-state index contributed by atoms with van der Waals surface area (Å²) in [5.41, 5.74) is 1.36. The fourth-order valence-corrected chi connectivity index (χ4v) is 3.69. The number of hydrogen-bond acceptors (Lipinski definition) is 6. The first-order valence-corrected chi connectivity index (χ1v) is 9.21. The normalized spacial score (nSPS) is 24.0. The maximum atomic E-state index is 5.74. The van der Waals surface area contributed by atoms with Crippen LogP contribution >= 0.6 is 0 Å². The van der Waals surface area contributed by atoms with Crippen LogP contribution in [0.15, 0.2) is 30.3 Å². The van der Waals surface area contributed by atoms with Crippen LogP contribution in [0.2, 0.25) is 0 Å². The Bertz CT molecular complexity index is 496. The van der Waals surface area contributed by atoms with Crippen molar-refractivity contribution in [1.82, 2.24) is 14.9 Å². The average Bonchev–Trinajstić information content (AvgIpc) is 3.13. The highest BCUT2D eigenvalue weighted by molar-refractivity contribution is 5.19. The van der Waals surface area contributed by atoms with Gasteiger partial charge in [-0.2, -0.15) is 0 Å². The van der Waals surface area contributed by atoms with E-state index in [1.807, 2.05) is 0 Å². The van der Waals surface area contributed by atoms with Crippen LogP contribution in [0.5, 0.6) is 0 Å². The molecule has 25 heavy (non-hydrogen) atoms. The molecule has 140 valence electrons. The quantitative estimate of drug-likeness (QED) is 0.664. The van der Waals surface area contributed by atoms with Crippen molar-refractivity contribution in [3.63, 3.8) is 0 Å². The van der Waals surface area contributed by atoms with Gasteiger partial charge >= 0.3 is 0 Å². The number of likely N-dealkylation sites (N-methyl/N-ethyl adjacent to an activating group) is 1. The Morgan fingerprint density at radius 2 is 1.96 bits per heavy atom. The Hall–Kier alpha value is -1.02. The van der Waals surface area contributed by atoms with Crippen molar-refractivity contribution in [2.45, 2.75) is 18.6 Å². The van der Waals surface area contributed by atoms with Crippen molar-refractivity contribution in [2.24, 2.45) is 0 Å². The van der Waals surface area contributed by atoms with E-state index in [1.54, 1.807) is 7.11 Å². The molecule has 0 saturated carbocycles. The summed E-state index contributed by atoms with van der Waals surface area (Å²) in [5.74, 6) is 0. The van der Waals surface area contributed by atoms with E-state index in [4.69, 9.17) is 14.2 Å². The van der Waals surface area contributed by atoms with Crippen molar-refractivity contribution in [2.75, 3.05) is 66.9 Å². The van der Waals surface area contributed by atoms with Crippen molar-refractivity contribution >= 4 is 0 Å². The molecule has 0 N–H and O–H groups in total. The van der Waals surface area contributed by atoms with Crippen LogP contribution in [-0.4, -0.2) is 87.9 Å². The fraction of sp³-hybridized carbons (Fsp3) is 0.684. The third-order valence-corrected chi connectivity index (χ3v) is 5.15. The first-order valence-electron chi connectivity index (χ1n) is 9.21. The minimum absolute atomic E-state index is 0.282. The zero-order valence-electron chi connectivity index (χ0n) is 15.5. The molecule has 0 bridgehead atoms. The van der Waals surface area contributed by atoms with Gasteiger partial charge in [-0.1, -0.05) is 30.3 Å². The molecule has 2 fully saturated rings. The highest BCUT2D eigenvalue weighted by Gasteiger charge is 2.30. The molecule has 2 atom stereocenters. The predicted octanol–water partition coefficient (Wildman–Crippen LogP) is 1.60. The van der Waals surface area contributed by atoms with E-state index in [0.29, 0.717) is 12.8 Å². The molecular weight excluding hydrogens is 318 g/mol. The average molecular weight is 349 g/mol. The highest BCUT2D eigenvalue weighted by Crippen LogP contribution is 2.25. The number of rotatable bonds is 8. The lowest BCUT2D eigenvalue weighted by Gasteiger charge is -2.41. The first kappa shape index (κ1) is 18.8. The van der Waals surface area contributed by atoms with Gasteiger partial charge in [-0.25, -0.2) is 10.0 Å². The molecule has 2 saturated heterocycles. The second-order valence-corrected chi connectivity index (χ2v) is 6.81. The van der Waals surface area contributed by atoms with E-state index >= 15 is 0 Å². The fourth-order valence-electron chi connectivity index (χ4n) is 3.69. The van der Waals surface area contributed by atoms with Gasteiger partial charge in [0.05, 0.1) is 25.4 Å². The molecule has 1 aromatic carbocycles. The van der Waals surface area contributed by atoms with Crippen molar-refractivity contribution in [3.8, 4) is 0 Å². The summed E-state index contributed by atoms with van der Waals surface area (Å²) in [7, 11) is 3.88. The monoisotopic (exact) mass is 349 g/mol. The number of nitrogens with zero attached hydrogens (tertiary/aromatic N) is 3. The van der Waals surface area contributed by atoms with Gasteiger partial charge in [0, 0.05) is 46.9 Å². The van der Waals surface area contributed by atoms with Crippen molar-refractivity contribution in [1.29, 1.82) is 0 Å². The molecule has 0 unspecified atom stereocenters. The molecule has 0 aliphatic carbocycles. The summed E-state index contributed by atoms with van der Waals surface area (Å²) in [4.78, 5) is 2.51. The lowest BCUT2D eigenvalue weighted by atomic mass is 10.1. The maximum absolute atomic E-state index is 5.74. The van der Waals surface area contributed by atoms with Crippen molar-refractivity contribution < 1.29 is 14.2 Å². The van der Waals surface area contributed by atoms with E-state index in [0.717, 1.165) is 52.4 Å². The summed E-state index contributed by atoms with van der Waals surface area (Å²) in [5, 5.41) is 4.82. The van der Waals surface area contributed by atoms with Crippen LogP contribution in [0.1, 0.15) is 18.0 Å². The number of benzene rings is 1. The van der Waals surface area contributed by atoms with Gasteiger partial charge in [-0.3, -0.25) is 4.90 Å². The Labute approximate surface area is 151 Å². The topological polar surface area (TPSA) is 37.4 Å². The Kier molecular flexibility index (Phi) is 7.22. The minimum atomic E-state index is 0.282. The number of morpholine rings is 1. The highest BCUT2D eigenvalue weighted by atomic mass is 16.7. The zero-order chi connectivity index (χ0) is 17.5. The third-order valence-electron chi connectivity index (χ3n) is 5.15. The van der Waals surface area contributed by atoms with E-state index in [9.17, 15) is 0 Å². The SMILES string of the molecule is COCO[C@H]1CCN(C[C@H](c2ccccc2)N(C)N2CCOCC2)C1. The van der Waals surface area contributed by atoms with Crippen molar-refractivity contribution in [3.05, 3.63) is 35.9 Å². The van der Waals surface area contributed by atoms with Gasteiger partial charge in [-0.05, 0) is 12.0 Å². The van der Waals surface area contributed by atoms with Gasteiger partial charge in [0.25, 0.3) is 0 Å². The lowest BCUT2D eigenvalue weighted by Crippen LogP contribution is -2.50. The molecule has 0 aromatic heterocycles. The number of methoxy groups -OCH3 is 1. The van der Waals surface area contributed by atoms with Gasteiger partial charge in [0.15, 0.2) is 0 Å².